The number of carbonyl (C=O) groups is 1. The fraction of sp³-hybridized carbons (Fsp3) is 0.412. The zero-order valence-corrected chi connectivity index (χ0v) is 15.1. The summed E-state index contributed by atoms with van der Waals surface area (Å²) in [7, 11) is 1.92. The van der Waals surface area contributed by atoms with E-state index >= 15 is 0 Å². The van der Waals surface area contributed by atoms with Crippen molar-refractivity contribution in [2.75, 3.05) is 11.4 Å². The van der Waals surface area contributed by atoms with Crippen LogP contribution in [0.3, 0.4) is 0 Å². The van der Waals surface area contributed by atoms with Gasteiger partial charge >= 0.3 is 0 Å². The fourth-order valence-corrected chi connectivity index (χ4v) is 4.23. The van der Waals surface area contributed by atoms with E-state index in [2.05, 4.69) is 20.3 Å². The highest BCUT2D eigenvalue weighted by Crippen LogP contribution is 2.32. The van der Waals surface area contributed by atoms with Crippen LogP contribution < -0.4 is 10.2 Å². The van der Waals surface area contributed by atoms with Gasteiger partial charge in [0, 0.05) is 32.3 Å². The highest BCUT2D eigenvalue weighted by atomic mass is 32.1. The summed E-state index contributed by atoms with van der Waals surface area (Å²) < 4.78 is 2.93. The van der Waals surface area contributed by atoms with Gasteiger partial charge in [-0.25, -0.2) is 9.67 Å². The maximum Gasteiger partial charge on any atom is 0.220 e. The number of hydrogen-bond acceptors (Lipinski definition) is 6. The molecule has 0 aromatic carbocycles. The number of amides is 1. The lowest BCUT2D eigenvalue weighted by atomic mass is 10.2. The number of aryl methyl sites for hydroxylation is 2. The molecule has 0 spiro atoms. The van der Waals surface area contributed by atoms with Crippen LogP contribution in [0.4, 0.5) is 5.13 Å². The summed E-state index contributed by atoms with van der Waals surface area (Å²) in [4.78, 5) is 23.0. The Morgan fingerprint density at radius 1 is 1.44 bits per heavy atom. The fourth-order valence-electron chi connectivity index (χ4n) is 3.19. The molecule has 0 aliphatic carbocycles. The van der Waals surface area contributed by atoms with Crippen molar-refractivity contribution < 1.29 is 4.79 Å². The molecule has 3 aromatic rings. The number of carbonyl (C=O) groups excluding carboxylic acids is 1. The van der Waals surface area contributed by atoms with E-state index in [1.165, 1.54) is 0 Å². The standard InChI is InChI=1S/C17H20N6OS/c1-11-15-16(22(2)21-11)20-17(25-15)23(9-12-5-3-4-8-18-12)10-13-6-7-14(24)19-13/h3-5,8,13H,6-7,9-10H2,1-2H3,(H,19,24)/t13-/m0/s1. The molecule has 0 radical (unpaired) electrons. The number of pyridine rings is 1. The van der Waals surface area contributed by atoms with Crippen molar-refractivity contribution in [2.45, 2.75) is 32.4 Å². The number of thiazole rings is 1. The lowest BCUT2D eigenvalue weighted by Gasteiger charge is -2.24. The molecule has 1 aliphatic rings. The van der Waals surface area contributed by atoms with E-state index < -0.39 is 0 Å². The van der Waals surface area contributed by atoms with Crippen molar-refractivity contribution >= 4 is 32.7 Å². The third-order valence-electron chi connectivity index (χ3n) is 4.41. The first kappa shape index (κ1) is 16.0. The molecule has 1 atom stereocenters. The van der Waals surface area contributed by atoms with Crippen molar-refractivity contribution in [3.63, 3.8) is 0 Å². The van der Waals surface area contributed by atoms with Gasteiger partial charge in [-0.1, -0.05) is 17.4 Å². The quantitative estimate of drug-likeness (QED) is 0.757. The topological polar surface area (TPSA) is 75.9 Å². The van der Waals surface area contributed by atoms with Crippen molar-refractivity contribution in [1.82, 2.24) is 25.1 Å². The molecule has 3 aromatic heterocycles. The minimum atomic E-state index is 0.132. The Bertz CT molecular complexity index is 868. The van der Waals surface area contributed by atoms with Crippen LogP contribution in [0.25, 0.3) is 10.3 Å². The van der Waals surface area contributed by atoms with Crippen LogP contribution in [0.2, 0.25) is 0 Å². The normalized spacial score (nSPS) is 17.2. The lowest BCUT2D eigenvalue weighted by Crippen LogP contribution is -2.38. The van der Waals surface area contributed by atoms with Crippen LogP contribution >= 0.6 is 11.3 Å². The smallest absolute Gasteiger partial charge is 0.220 e. The van der Waals surface area contributed by atoms with Gasteiger partial charge in [0.2, 0.25) is 5.91 Å². The summed E-state index contributed by atoms with van der Waals surface area (Å²) in [6.45, 7) is 3.40. The number of hydrogen-bond donors (Lipinski definition) is 1. The number of aromatic nitrogens is 4. The van der Waals surface area contributed by atoms with Gasteiger partial charge in [0.05, 0.1) is 22.6 Å². The first-order valence-corrected chi connectivity index (χ1v) is 9.16. The molecular weight excluding hydrogens is 336 g/mol. The highest BCUT2D eigenvalue weighted by molar-refractivity contribution is 7.22. The molecule has 130 valence electrons. The Labute approximate surface area is 149 Å². The molecule has 4 rings (SSSR count). The maximum absolute atomic E-state index is 11.6. The second kappa shape index (κ2) is 6.44. The van der Waals surface area contributed by atoms with Gasteiger partial charge in [0.15, 0.2) is 10.8 Å². The minimum absolute atomic E-state index is 0.132. The molecule has 1 N–H and O–H groups in total. The van der Waals surface area contributed by atoms with Crippen LogP contribution in [-0.4, -0.2) is 38.2 Å². The summed E-state index contributed by atoms with van der Waals surface area (Å²) in [5, 5.41) is 8.42. The number of rotatable bonds is 5. The van der Waals surface area contributed by atoms with E-state index in [1.807, 2.05) is 36.9 Å². The van der Waals surface area contributed by atoms with E-state index in [-0.39, 0.29) is 11.9 Å². The third-order valence-corrected chi connectivity index (χ3v) is 5.62. The third kappa shape index (κ3) is 3.21. The maximum atomic E-state index is 11.6. The molecule has 0 unspecified atom stereocenters. The number of nitrogens with zero attached hydrogens (tertiary/aromatic N) is 5. The molecule has 8 heteroatoms. The number of anilines is 1. The number of nitrogens with one attached hydrogen (secondary N) is 1. The van der Waals surface area contributed by atoms with E-state index in [9.17, 15) is 4.79 Å². The van der Waals surface area contributed by atoms with Crippen LogP contribution in [0, 0.1) is 6.92 Å². The molecule has 7 nitrogen and oxygen atoms in total. The van der Waals surface area contributed by atoms with Crippen LogP contribution in [0.5, 0.6) is 0 Å². The predicted octanol–water partition coefficient (Wildman–Crippen LogP) is 2.02. The van der Waals surface area contributed by atoms with Crippen molar-refractivity contribution in [3.05, 3.63) is 35.8 Å². The number of fused-ring (bicyclic) bond motifs is 1. The molecular formula is C17H20N6OS. The van der Waals surface area contributed by atoms with Gasteiger partial charge < -0.3 is 10.2 Å². The largest absolute Gasteiger partial charge is 0.352 e. The lowest BCUT2D eigenvalue weighted by molar-refractivity contribution is -0.119. The van der Waals surface area contributed by atoms with Crippen molar-refractivity contribution in [3.8, 4) is 0 Å². The zero-order chi connectivity index (χ0) is 17.4. The van der Waals surface area contributed by atoms with Crippen molar-refractivity contribution in [1.29, 1.82) is 0 Å². The second-order valence-corrected chi connectivity index (χ2v) is 7.34. The Balaban J connectivity index is 1.65. The zero-order valence-electron chi connectivity index (χ0n) is 14.3. The van der Waals surface area contributed by atoms with Crippen LogP contribution in [-0.2, 0) is 18.4 Å². The molecule has 4 heterocycles. The monoisotopic (exact) mass is 356 g/mol. The van der Waals surface area contributed by atoms with E-state index in [0.29, 0.717) is 13.0 Å². The summed E-state index contributed by atoms with van der Waals surface area (Å²) in [5.41, 5.74) is 2.88. The molecule has 1 amide bonds. The van der Waals surface area contributed by atoms with E-state index in [4.69, 9.17) is 4.98 Å². The summed E-state index contributed by atoms with van der Waals surface area (Å²) in [6.07, 6.45) is 3.27. The predicted molar refractivity (Wildman–Crippen MR) is 97.6 cm³/mol. The molecule has 0 saturated carbocycles. The Morgan fingerprint density at radius 2 is 2.32 bits per heavy atom. The Morgan fingerprint density at radius 3 is 3.00 bits per heavy atom. The highest BCUT2D eigenvalue weighted by Gasteiger charge is 2.25. The molecule has 1 fully saturated rings. The Kier molecular flexibility index (Phi) is 4.12. The molecule has 25 heavy (non-hydrogen) atoms. The molecule has 1 aliphatic heterocycles. The average molecular weight is 356 g/mol. The minimum Gasteiger partial charge on any atom is -0.352 e. The van der Waals surface area contributed by atoms with Gasteiger partial charge in [0.25, 0.3) is 0 Å². The molecule has 0 bridgehead atoms. The summed E-state index contributed by atoms with van der Waals surface area (Å²) >= 11 is 1.65. The first-order chi connectivity index (χ1) is 12.1. The summed E-state index contributed by atoms with van der Waals surface area (Å²) in [5.74, 6) is 0.132. The average Bonchev–Trinajstić information content (AvgIpc) is 3.27. The van der Waals surface area contributed by atoms with Crippen molar-refractivity contribution in [2.24, 2.45) is 7.05 Å². The van der Waals surface area contributed by atoms with Crippen LogP contribution in [0.1, 0.15) is 24.2 Å². The molecule has 1 saturated heterocycles. The SMILES string of the molecule is Cc1nn(C)c2nc(N(Cc3ccccn3)C[C@@H]3CCC(=O)N3)sc12. The summed E-state index contributed by atoms with van der Waals surface area (Å²) in [6, 6.07) is 6.07. The Hall–Kier alpha value is -2.48. The van der Waals surface area contributed by atoms with Gasteiger partial charge in [0.1, 0.15) is 0 Å². The van der Waals surface area contributed by atoms with Gasteiger partial charge in [-0.15, -0.1) is 0 Å². The van der Waals surface area contributed by atoms with E-state index in [0.717, 1.165) is 39.8 Å². The van der Waals surface area contributed by atoms with E-state index in [1.54, 1.807) is 17.5 Å². The first-order valence-electron chi connectivity index (χ1n) is 8.34. The van der Waals surface area contributed by atoms with Gasteiger partial charge in [-0.2, -0.15) is 5.10 Å². The second-order valence-electron chi connectivity index (χ2n) is 6.36. The van der Waals surface area contributed by atoms with Crippen LogP contribution in [0.15, 0.2) is 24.4 Å². The van der Waals surface area contributed by atoms with Gasteiger partial charge in [-0.3, -0.25) is 9.78 Å². The van der Waals surface area contributed by atoms with Gasteiger partial charge in [-0.05, 0) is 25.5 Å².